The van der Waals surface area contributed by atoms with Gasteiger partial charge in [0.05, 0.1) is 13.1 Å². The molecule has 1 aliphatic heterocycles. The van der Waals surface area contributed by atoms with Gasteiger partial charge in [0.15, 0.2) is 0 Å². The Bertz CT molecular complexity index is 184. The molecule has 0 aromatic rings. The van der Waals surface area contributed by atoms with Crippen molar-refractivity contribution in [3.05, 3.63) is 0 Å². The second kappa shape index (κ2) is 6.69. The van der Waals surface area contributed by atoms with E-state index in [1.165, 1.54) is 24.6 Å². The van der Waals surface area contributed by atoms with Crippen molar-refractivity contribution in [3.8, 4) is 0 Å². The average Bonchev–Trinajstić information content (AvgIpc) is 2.19. The van der Waals surface area contributed by atoms with Crippen molar-refractivity contribution < 1.29 is 14.4 Å². The van der Waals surface area contributed by atoms with E-state index in [0.29, 0.717) is 6.61 Å². The van der Waals surface area contributed by atoms with Gasteiger partial charge < -0.3 is 9.64 Å². The summed E-state index contributed by atoms with van der Waals surface area (Å²) in [6.45, 7) is 5.69. The lowest BCUT2D eigenvalue weighted by Crippen LogP contribution is -3.14. The molecule has 1 heterocycles. The van der Waals surface area contributed by atoms with E-state index in [4.69, 9.17) is 4.74 Å². The lowest BCUT2D eigenvalue weighted by atomic mass is 10.4. The molecule has 1 saturated heterocycles. The van der Waals surface area contributed by atoms with E-state index in [0.717, 1.165) is 6.54 Å². The van der Waals surface area contributed by atoms with Crippen molar-refractivity contribution in [2.75, 3.05) is 37.7 Å². The third kappa shape index (κ3) is 4.66. The molecule has 0 aromatic heterocycles. The van der Waals surface area contributed by atoms with Crippen LogP contribution < -0.4 is 4.90 Å². The van der Waals surface area contributed by atoms with Gasteiger partial charge in [-0.15, -0.1) is 0 Å². The lowest BCUT2D eigenvalue weighted by Gasteiger charge is -2.22. The van der Waals surface area contributed by atoms with Gasteiger partial charge in [0.25, 0.3) is 0 Å². The van der Waals surface area contributed by atoms with E-state index in [1.807, 2.05) is 11.8 Å². The molecule has 1 unspecified atom stereocenters. The number of hydrogen-bond acceptors (Lipinski definition) is 3. The number of ether oxygens (including phenoxy) is 1. The maximum atomic E-state index is 11.1. The molecule has 0 saturated carbocycles. The molecule has 82 valence electrons. The normalized spacial score (nSPS) is 20.4. The molecule has 1 N–H and O–H groups in total. The van der Waals surface area contributed by atoms with Gasteiger partial charge in [-0.1, -0.05) is 15.9 Å². The minimum absolute atomic E-state index is 0.157. The van der Waals surface area contributed by atoms with Gasteiger partial charge in [0.1, 0.15) is 18.0 Å². The third-order valence-corrected chi connectivity index (χ3v) is 3.58. The number of carbonyl (C=O) groups excluding carboxylic acids is 1. The Labute approximate surface area is 97.7 Å². The number of quaternary nitrogens is 1. The second-order valence-corrected chi connectivity index (χ2v) is 5.99. The molecule has 1 aliphatic rings. The van der Waals surface area contributed by atoms with E-state index in [2.05, 4.69) is 15.9 Å². The fraction of sp³-hybridized carbons (Fsp3) is 0.889. The highest BCUT2D eigenvalue weighted by Crippen LogP contribution is 1.99. The molecule has 0 aromatic carbocycles. The van der Waals surface area contributed by atoms with E-state index in [-0.39, 0.29) is 10.8 Å². The van der Waals surface area contributed by atoms with E-state index in [1.54, 1.807) is 11.8 Å². The minimum atomic E-state index is -0.186. The molecule has 3 nitrogen and oxygen atoms in total. The predicted molar refractivity (Wildman–Crippen MR) is 62.2 cm³/mol. The Balaban J connectivity index is 2.05. The van der Waals surface area contributed by atoms with Crippen LogP contribution in [-0.4, -0.2) is 48.5 Å². The largest absolute Gasteiger partial charge is 0.459 e. The van der Waals surface area contributed by atoms with E-state index in [9.17, 15) is 4.79 Å². The van der Waals surface area contributed by atoms with Gasteiger partial charge in [0, 0.05) is 11.5 Å². The first kappa shape index (κ1) is 12.3. The van der Waals surface area contributed by atoms with Gasteiger partial charge in [-0.25, -0.2) is 0 Å². The molecule has 0 spiro atoms. The Morgan fingerprint density at radius 3 is 2.79 bits per heavy atom. The number of carbonyl (C=O) groups is 1. The van der Waals surface area contributed by atoms with Gasteiger partial charge in [-0.2, -0.15) is 11.8 Å². The third-order valence-electron chi connectivity index (χ3n) is 2.22. The Hall–Kier alpha value is 0.260. The first-order valence-electron chi connectivity index (χ1n) is 4.92. The van der Waals surface area contributed by atoms with Gasteiger partial charge in [0.2, 0.25) is 0 Å². The van der Waals surface area contributed by atoms with Gasteiger partial charge in [-0.3, -0.25) is 4.79 Å². The highest BCUT2D eigenvalue weighted by Gasteiger charge is 2.15. The summed E-state index contributed by atoms with van der Waals surface area (Å²) in [7, 11) is 0. The molecule has 1 atom stereocenters. The summed E-state index contributed by atoms with van der Waals surface area (Å²) in [5, 5.41) is 0. The lowest BCUT2D eigenvalue weighted by molar-refractivity contribution is -0.896. The zero-order chi connectivity index (χ0) is 10.4. The summed E-state index contributed by atoms with van der Waals surface area (Å²) < 4.78 is 5.09. The maximum absolute atomic E-state index is 11.1. The quantitative estimate of drug-likeness (QED) is 0.579. The van der Waals surface area contributed by atoms with Crippen LogP contribution in [0.3, 0.4) is 0 Å². The molecule has 0 radical (unpaired) electrons. The number of halogens is 1. The number of rotatable bonds is 4. The topological polar surface area (TPSA) is 30.7 Å². The summed E-state index contributed by atoms with van der Waals surface area (Å²) in [4.78, 5) is 12.5. The molecule has 1 fully saturated rings. The molecule has 0 bridgehead atoms. The van der Waals surface area contributed by atoms with Crippen LogP contribution in [0.25, 0.3) is 0 Å². The number of nitrogens with one attached hydrogen (secondary N) is 1. The summed E-state index contributed by atoms with van der Waals surface area (Å²) in [5.74, 6) is 2.31. The summed E-state index contributed by atoms with van der Waals surface area (Å²) >= 11 is 5.19. The molecule has 0 aliphatic carbocycles. The van der Waals surface area contributed by atoms with Crippen LogP contribution in [0.15, 0.2) is 0 Å². The van der Waals surface area contributed by atoms with Crippen LogP contribution in [0.5, 0.6) is 0 Å². The molecule has 0 amide bonds. The molecule has 14 heavy (non-hydrogen) atoms. The Morgan fingerprint density at radius 1 is 1.57 bits per heavy atom. The fourth-order valence-corrected chi connectivity index (χ4v) is 2.52. The number of thioether (sulfide) groups is 1. The zero-order valence-corrected chi connectivity index (χ0v) is 10.8. The highest BCUT2D eigenvalue weighted by molar-refractivity contribution is 9.10. The summed E-state index contributed by atoms with van der Waals surface area (Å²) in [5.41, 5.74) is 0. The van der Waals surface area contributed by atoms with Crippen LogP contribution in [0.4, 0.5) is 0 Å². The Kier molecular flexibility index (Phi) is 5.89. The monoisotopic (exact) mass is 282 g/mol. The minimum Gasteiger partial charge on any atom is -0.459 e. The van der Waals surface area contributed by atoms with Crippen molar-refractivity contribution in [1.82, 2.24) is 0 Å². The van der Waals surface area contributed by atoms with Crippen molar-refractivity contribution in [2.24, 2.45) is 0 Å². The van der Waals surface area contributed by atoms with E-state index < -0.39 is 0 Å². The number of alkyl halides is 1. The van der Waals surface area contributed by atoms with Gasteiger partial charge in [-0.05, 0) is 6.92 Å². The van der Waals surface area contributed by atoms with Crippen LogP contribution in [0.2, 0.25) is 0 Å². The fourth-order valence-electron chi connectivity index (χ4n) is 1.32. The summed E-state index contributed by atoms with van der Waals surface area (Å²) in [6.07, 6.45) is 0. The van der Waals surface area contributed by atoms with Crippen LogP contribution >= 0.6 is 27.7 Å². The second-order valence-electron chi connectivity index (χ2n) is 3.40. The van der Waals surface area contributed by atoms with Crippen molar-refractivity contribution >= 4 is 33.7 Å². The van der Waals surface area contributed by atoms with Gasteiger partial charge >= 0.3 is 5.97 Å². The number of hydrogen-bond donors (Lipinski definition) is 1. The first-order valence-corrected chi connectivity index (χ1v) is 6.99. The predicted octanol–water partition coefficient (Wildman–Crippen LogP) is -0.0553. The average molecular weight is 283 g/mol. The van der Waals surface area contributed by atoms with Crippen molar-refractivity contribution in [1.29, 1.82) is 0 Å². The van der Waals surface area contributed by atoms with Crippen LogP contribution in [0.1, 0.15) is 6.92 Å². The Morgan fingerprint density at radius 2 is 2.21 bits per heavy atom. The first-order chi connectivity index (χ1) is 6.70. The molecular formula is C9H17BrNO2S+. The van der Waals surface area contributed by atoms with Crippen molar-refractivity contribution in [2.45, 2.75) is 11.8 Å². The molecular weight excluding hydrogens is 266 g/mol. The number of esters is 1. The maximum Gasteiger partial charge on any atom is 0.319 e. The zero-order valence-electron chi connectivity index (χ0n) is 8.42. The highest BCUT2D eigenvalue weighted by atomic mass is 79.9. The van der Waals surface area contributed by atoms with Crippen LogP contribution in [-0.2, 0) is 9.53 Å². The van der Waals surface area contributed by atoms with Crippen molar-refractivity contribution in [3.63, 3.8) is 0 Å². The summed E-state index contributed by atoms with van der Waals surface area (Å²) in [6, 6.07) is 0. The smallest absolute Gasteiger partial charge is 0.319 e. The van der Waals surface area contributed by atoms with Crippen LogP contribution in [0, 0.1) is 0 Å². The molecule has 1 rings (SSSR count). The standard InChI is InChI=1S/C9H16BrNO2S/c1-8(10)9(12)13-5-2-11-3-6-14-7-4-11/h8H,2-7H2,1H3/p+1. The molecule has 5 heteroatoms. The van der Waals surface area contributed by atoms with E-state index >= 15 is 0 Å². The SMILES string of the molecule is CC(Br)C(=O)OCC[NH+]1CCSCC1.